The van der Waals surface area contributed by atoms with E-state index in [0.29, 0.717) is 47.7 Å². The summed E-state index contributed by atoms with van der Waals surface area (Å²) in [4.78, 5) is 4.17. The summed E-state index contributed by atoms with van der Waals surface area (Å²) >= 11 is 0. The third kappa shape index (κ3) is 5.80. The molecule has 2 aromatic carbocycles. The zero-order chi connectivity index (χ0) is 22.2. The average Bonchev–Trinajstić information content (AvgIpc) is 3.21. The Kier molecular flexibility index (Phi) is 7.58. The summed E-state index contributed by atoms with van der Waals surface area (Å²) in [6.07, 6.45) is 0. The van der Waals surface area contributed by atoms with E-state index in [1.807, 2.05) is 25.1 Å². The number of halogens is 2. The Morgan fingerprint density at radius 1 is 1.06 bits per heavy atom. The Hall–Kier alpha value is -3.43. The third-order valence-electron chi connectivity index (χ3n) is 4.43. The summed E-state index contributed by atoms with van der Waals surface area (Å²) in [6.45, 7) is 0.157. The minimum Gasteiger partial charge on any atom is -0.493 e. The lowest BCUT2D eigenvalue weighted by Crippen LogP contribution is -2.36. The summed E-state index contributed by atoms with van der Waals surface area (Å²) < 4.78 is 51.7. The second-order valence-electron chi connectivity index (χ2n) is 6.39. The molecule has 0 fully saturated rings. The van der Waals surface area contributed by atoms with Crippen molar-refractivity contribution in [2.24, 2.45) is 4.99 Å². The molecule has 2 N–H and O–H groups in total. The molecule has 31 heavy (non-hydrogen) atoms. The van der Waals surface area contributed by atoms with Gasteiger partial charge in [-0.2, -0.15) is 8.78 Å². The lowest BCUT2D eigenvalue weighted by Gasteiger charge is -2.16. The molecule has 10 heteroatoms. The SMILES string of the molecule is CCOc1cc(CNC(=NC)NCc2cc3c(cc2OC(F)F)OCO3)ccc1OC. The zero-order valence-electron chi connectivity index (χ0n) is 17.5. The first kappa shape index (κ1) is 22.3. The predicted octanol–water partition coefficient (Wildman–Crippen LogP) is 3.29. The molecule has 1 heterocycles. The number of benzene rings is 2. The molecule has 168 valence electrons. The number of fused-ring (bicyclic) bond motifs is 1. The maximum absolute atomic E-state index is 12.8. The summed E-state index contributed by atoms with van der Waals surface area (Å²) in [5, 5.41) is 6.26. The van der Waals surface area contributed by atoms with Crippen LogP contribution in [0, 0.1) is 0 Å². The smallest absolute Gasteiger partial charge is 0.387 e. The fourth-order valence-corrected chi connectivity index (χ4v) is 2.99. The van der Waals surface area contributed by atoms with Gasteiger partial charge in [-0.1, -0.05) is 6.07 Å². The van der Waals surface area contributed by atoms with Crippen molar-refractivity contribution >= 4 is 5.96 Å². The molecular formula is C21H25F2N3O5. The van der Waals surface area contributed by atoms with Gasteiger partial charge >= 0.3 is 6.61 Å². The van der Waals surface area contributed by atoms with Gasteiger partial charge in [-0.25, -0.2) is 0 Å². The summed E-state index contributed by atoms with van der Waals surface area (Å²) in [6, 6.07) is 8.63. The Bertz CT molecular complexity index is 924. The first-order chi connectivity index (χ1) is 15.0. The van der Waals surface area contributed by atoms with Gasteiger partial charge in [0.15, 0.2) is 29.0 Å². The highest BCUT2D eigenvalue weighted by atomic mass is 19.3. The van der Waals surface area contributed by atoms with Crippen LogP contribution in [0.1, 0.15) is 18.1 Å². The Morgan fingerprint density at radius 3 is 2.48 bits per heavy atom. The molecule has 1 aliphatic heterocycles. The van der Waals surface area contributed by atoms with Gasteiger partial charge in [-0.3, -0.25) is 4.99 Å². The van der Waals surface area contributed by atoms with Crippen molar-refractivity contribution < 1.29 is 32.5 Å². The third-order valence-corrected chi connectivity index (χ3v) is 4.43. The highest BCUT2D eigenvalue weighted by Crippen LogP contribution is 2.38. The molecule has 0 radical (unpaired) electrons. The average molecular weight is 437 g/mol. The molecule has 0 aliphatic carbocycles. The van der Waals surface area contributed by atoms with Crippen LogP contribution in [0.25, 0.3) is 0 Å². The summed E-state index contributed by atoms with van der Waals surface area (Å²) in [7, 11) is 3.20. The van der Waals surface area contributed by atoms with E-state index in [9.17, 15) is 8.78 Å². The molecule has 0 saturated heterocycles. The summed E-state index contributed by atoms with van der Waals surface area (Å²) in [5.41, 5.74) is 1.44. The highest BCUT2D eigenvalue weighted by Gasteiger charge is 2.20. The molecule has 0 atom stereocenters. The van der Waals surface area contributed by atoms with E-state index >= 15 is 0 Å². The Balaban J connectivity index is 1.64. The number of hydrogen-bond acceptors (Lipinski definition) is 6. The van der Waals surface area contributed by atoms with Gasteiger partial charge < -0.3 is 34.3 Å². The normalized spacial score (nSPS) is 12.6. The van der Waals surface area contributed by atoms with E-state index in [2.05, 4.69) is 20.4 Å². The predicted molar refractivity (Wildman–Crippen MR) is 110 cm³/mol. The number of alkyl halides is 2. The minimum atomic E-state index is -2.95. The van der Waals surface area contributed by atoms with Crippen molar-refractivity contribution in [3.63, 3.8) is 0 Å². The van der Waals surface area contributed by atoms with Gasteiger partial charge in [0, 0.05) is 31.8 Å². The van der Waals surface area contributed by atoms with Crippen molar-refractivity contribution in [1.82, 2.24) is 10.6 Å². The summed E-state index contributed by atoms with van der Waals surface area (Å²) in [5.74, 6) is 2.64. The first-order valence-electron chi connectivity index (χ1n) is 9.65. The molecule has 2 aromatic rings. The standard InChI is InChI=1S/C21H25F2N3O5/c1-4-28-17-7-13(5-6-15(17)27-3)10-25-21(24-2)26-11-14-8-18-19(30-12-29-18)9-16(14)31-20(22)23/h5-9,20H,4,10-12H2,1-3H3,(H2,24,25,26). The van der Waals surface area contributed by atoms with Crippen molar-refractivity contribution in [2.75, 3.05) is 27.6 Å². The van der Waals surface area contributed by atoms with Crippen LogP contribution in [0.2, 0.25) is 0 Å². The van der Waals surface area contributed by atoms with E-state index in [1.165, 1.54) is 6.07 Å². The number of nitrogens with zero attached hydrogens (tertiary/aromatic N) is 1. The van der Waals surface area contributed by atoms with Crippen LogP contribution >= 0.6 is 0 Å². The molecule has 8 nitrogen and oxygen atoms in total. The van der Waals surface area contributed by atoms with Gasteiger partial charge in [-0.05, 0) is 30.7 Å². The first-order valence-corrected chi connectivity index (χ1v) is 9.65. The van der Waals surface area contributed by atoms with Crippen LogP contribution in [-0.2, 0) is 13.1 Å². The number of rotatable bonds is 9. The fourth-order valence-electron chi connectivity index (χ4n) is 2.99. The minimum absolute atomic E-state index is 0.0127. The van der Waals surface area contributed by atoms with Crippen LogP contribution in [0.5, 0.6) is 28.7 Å². The molecule has 0 unspecified atom stereocenters. The molecule has 0 aromatic heterocycles. The second-order valence-corrected chi connectivity index (χ2v) is 6.39. The number of hydrogen-bond donors (Lipinski definition) is 2. The largest absolute Gasteiger partial charge is 0.493 e. The van der Waals surface area contributed by atoms with Crippen molar-refractivity contribution in [3.05, 3.63) is 41.5 Å². The molecule has 3 rings (SSSR count). The lowest BCUT2D eigenvalue weighted by molar-refractivity contribution is -0.0505. The van der Waals surface area contributed by atoms with Crippen molar-refractivity contribution in [2.45, 2.75) is 26.6 Å². The molecule has 0 bridgehead atoms. The van der Waals surface area contributed by atoms with Crippen LogP contribution in [0.4, 0.5) is 8.78 Å². The van der Waals surface area contributed by atoms with Gasteiger partial charge in [0.2, 0.25) is 6.79 Å². The zero-order valence-corrected chi connectivity index (χ0v) is 17.5. The highest BCUT2D eigenvalue weighted by molar-refractivity contribution is 5.79. The lowest BCUT2D eigenvalue weighted by atomic mass is 10.1. The van der Waals surface area contributed by atoms with Crippen molar-refractivity contribution in [3.8, 4) is 28.7 Å². The van der Waals surface area contributed by atoms with Gasteiger partial charge in [-0.15, -0.1) is 0 Å². The molecule has 0 spiro atoms. The monoisotopic (exact) mass is 437 g/mol. The Labute approximate surface area is 179 Å². The molecular weight excluding hydrogens is 412 g/mol. The number of ether oxygens (including phenoxy) is 5. The molecule has 1 aliphatic rings. The number of guanidine groups is 1. The fraction of sp³-hybridized carbons (Fsp3) is 0.381. The Morgan fingerprint density at radius 2 is 1.81 bits per heavy atom. The molecule has 0 amide bonds. The second kappa shape index (κ2) is 10.6. The van der Waals surface area contributed by atoms with Crippen LogP contribution in [0.15, 0.2) is 35.3 Å². The molecule has 0 saturated carbocycles. The number of aliphatic imine (C=N–C) groups is 1. The van der Waals surface area contributed by atoms with Crippen LogP contribution < -0.4 is 34.3 Å². The maximum atomic E-state index is 12.8. The van der Waals surface area contributed by atoms with Crippen molar-refractivity contribution in [1.29, 1.82) is 0 Å². The van der Waals surface area contributed by atoms with E-state index in [4.69, 9.17) is 18.9 Å². The number of methoxy groups -OCH3 is 1. The van der Waals surface area contributed by atoms with E-state index in [-0.39, 0.29) is 19.1 Å². The van der Waals surface area contributed by atoms with E-state index in [1.54, 1.807) is 20.2 Å². The van der Waals surface area contributed by atoms with E-state index in [0.717, 1.165) is 5.56 Å². The quantitative estimate of drug-likeness (QED) is 0.460. The van der Waals surface area contributed by atoms with E-state index < -0.39 is 6.61 Å². The van der Waals surface area contributed by atoms with Gasteiger partial charge in [0.1, 0.15) is 5.75 Å². The van der Waals surface area contributed by atoms with Gasteiger partial charge in [0.05, 0.1) is 13.7 Å². The van der Waals surface area contributed by atoms with Gasteiger partial charge in [0.25, 0.3) is 0 Å². The van der Waals surface area contributed by atoms with Crippen LogP contribution in [0.3, 0.4) is 0 Å². The number of nitrogens with one attached hydrogen (secondary N) is 2. The van der Waals surface area contributed by atoms with Crippen LogP contribution in [-0.4, -0.2) is 40.1 Å². The maximum Gasteiger partial charge on any atom is 0.387 e. The topological polar surface area (TPSA) is 82.6 Å².